The van der Waals surface area contributed by atoms with Crippen molar-refractivity contribution in [3.63, 3.8) is 0 Å². The van der Waals surface area contributed by atoms with Crippen LogP contribution in [0.3, 0.4) is 0 Å². The van der Waals surface area contributed by atoms with Crippen molar-refractivity contribution in [2.75, 3.05) is 29.9 Å². The molecule has 1 N–H and O–H groups in total. The van der Waals surface area contributed by atoms with Crippen molar-refractivity contribution in [3.05, 3.63) is 35.5 Å². The van der Waals surface area contributed by atoms with Crippen LogP contribution in [0.25, 0.3) is 0 Å². The van der Waals surface area contributed by atoms with Crippen LogP contribution in [0.15, 0.2) is 35.5 Å². The monoisotopic (exact) mass is 381 g/mol. The zero-order valence-corrected chi connectivity index (χ0v) is 17.3. The molecule has 2 aliphatic heterocycles. The van der Waals surface area contributed by atoms with Gasteiger partial charge >= 0.3 is 0 Å². The molecule has 0 spiro atoms. The molecule has 0 bridgehead atoms. The minimum absolute atomic E-state index is 0.0453. The Balaban J connectivity index is 1.70. The number of ketones is 1. The molecule has 5 nitrogen and oxygen atoms in total. The second-order valence-electron chi connectivity index (χ2n) is 9.22. The molecule has 1 aromatic rings. The number of carbonyl (C=O) groups is 2. The fourth-order valence-electron chi connectivity index (χ4n) is 4.90. The average molecular weight is 382 g/mol. The molecule has 1 atom stereocenters. The molecule has 4 rings (SSSR count). The molecule has 5 heteroatoms. The number of nitrogens with zero attached hydrogens (tertiary/aromatic N) is 2. The number of Topliss-reactive ketones (excluding diaryl/α,β-unsaturated/α-hetero) is 1. The Labute approximate surface area is 167 Å². The molecule has 150 valence electrons. The van der Waals surface area contributed by atoms with Crippen LogP contribution in [0, 0.1) is 5.41 Å². The number of hydrogen-bond donors (Lipinski definition) is 1. The number of fused-ring (bicyclic) bond motifs is 1. The van der Waals surface area contributed by atoms with Crippen LogP contribution in [0.5, 0.6) is 0 Å². The molecule has 1 fully saturated rings. The van der Waals surface area contributed by atoms with Gasteiger partial charge in [-0.1, -0.05) is 26.0 Å². The first-order chi connectivity index (χ1) is 13.4. The van der Waals surface area contributed by atoms with Crippen molar-refractivity contribution in [2.24, 2.45) is 5.41 Å². The molecule has 0 unspecified atom stereocenters. The van der Waals surface area contributed by atoms with Crippen molar-refractivity contribution < 1.29 is 9.59 Å². The zero-order valence-electron chi connectivity index (χ0n) is 17.3. The molecule has 0 aromatic heterocycles. The molecule has 1 saturated heterocycles. The number of hydrogen-bond acceptors (Lipinski definition) is 4. The van der Waals surface area contributed by atoms with Crippen molar-refractivity contribution in [1.82, 2.24) is 4.90 Å². The number of benzene rings is 1. The van der Waals surface area contributed by atoms with E-state index in [0.717, 1.165) is 55.0 Å². The van der Waals surface area contributed by atoms with E-state index in [9.17, 15) is 9.59 Å². The van der Waals surface area contributed by atoms with Crippen LogP contribution in [0.4, 0.5) is 11.4 Å². The van der Waals surface area contributed by atoms with Gasteiger partial charge in [0, 0.05) is 30.8 Å². The first kappa shape index (κ1) is 19.0. The SMILES string of the molecule is C[C@@H]1C2=C(CC(C)(C)CC2=O)Nc2ccccc2N1CC(=O)N1CCCCC1. The van der Waals surface area contributed by atoms with Gasteiger partial charge in [-0.15, -0.1) is 0 Å². The molecule has 28 heavy (non-hydrogen) atoms. The van der Waals surface area contributed by atoms with Crippen LogP contribution in [-0.4, -0.2) is 42.3 Å². The standard InChI is InChI=1S/C23H31N3O2/c1-16-22-18(13-23(2,3)14-20(22)27)24-17-9-5-6-10-19(17)26(16)15-21(28)25-11-7-4-8-12-25/h5-6,9-10,16,24H,4,7-8,11-15H2,1-3H3/t16-/m1/s1. The van der Waals surface area contributed by atoms with E-state index in [0.29, 0.717) is 13.0 Å². The highest BCUT2D eigenvalue weighted by atomic mass is 16.2. The van der Waals surface area contributed by atoms with E-state index in [-0.39, 0.29) is 23.1 Å². The number of likely N-dealkylation sites (tertiary alicyclic amines) is 1. The average Bonchev–Trinajstić information content (AvgIpc) is 2.76. The van der Waals surface area contributed by atoms with E-state index in [1.807, 2.05) is 23.1 Å². The van der Waals surface area contributed by atoms with Gasteiger partial charge in [0.25, 0.3) is 0 Å². The molecule has 1 aromatic carbocycles. The molecule has 2 heterocycles. The summed E-state index contributed by atoms with van der Waals surface area (Å²) in [5.74, 6) is 0.364. The Morgan fingerprint density at radius 3 is 2.61 bits per heavy atom. The van der Waals surface area contributed by atoms with Crippen molar-refractivity contribution in [2.45, 2.75) is 58.9 Å². The van der Waals surface area contributed by atoms with Gasteiger partial charge in [-0.05, 0) is 50.2 Å². The van der Waals surface area contributed by atoms with Gasteiger partial charge in [0.15, 0.2) is 5.78 Å². The zero-order chi connectivity index (χ0) is 19.9. The third-order valence-electron chi connectivity index (χ3n) is 6.32. The summed E-state index contributed by atoms with van der Waals surface area (Å²) < 4.78 is 0. The Bertz CT molecular complexity index is 821. The smallest absolute Gasteiger partial charge is 0.242 e. The summed E-state index contributed by atoms with van der Waals surface area (Å²) in [7, 11) is 0. The summed E-state index contributed by atoms with van der Waals surface area (Å²) in [5.41, 5.74) is 3.81. The predicted octanol–water partition coefficient (Wildman–Crippen LogP) is 3.96. The van der Waals surface area contributed by atoms with Crippen molar-refractivity contribution in [3.8, 4) is 0 Å². The molecular weight excluding hydrogens is 350 g/mol. The number of carbonyl (C=O) groups excluding carboxylic acids is 2. The normalized spacial score (nSPS) is 24.2. The predicted molar refractivity (Wildman–Crippen MR) is 112 cm³/mol. The van der Waals surface area contributed by atoms with Crippen LogP contribution >= 0.6 is 0 Å². The van der Waals surface area contributed by atoms with Gasteiger partial charge in [0.1, 0.15) is 0 Å². The quantitative estimate of drug-likeness (QED) is 0.842. The fraction of sp³-hybridized carbons (Fsp3) is 0.565. The summed E-state index contributed by atoms with van der Waals surface area (Å²) >= 11 is 0. The third-order valence-corrected chi connectivity index (χ3v) is 6.32. The topological polar surface area (TPSA) is 52.7 Å². The molecule has 3 aliphatic rings. The maximum Gasteiger partial charge on any atom is 0.242 e. The van der Waals surface area contributed by atoms with Crippen LogP contribution in [-0.2, 0) is 9.59 Å². The largest absolute Gasteiger partial charge is 0.357 e. The minimum Gasteiger partial charge on any atom is -0.357 e. The Morgan fingerprint density at radius 2 is 1.86 bits per heavy atom. The lowest BCUT2D eigenvalue weighted by Gasteiger charge is -2.37. The maximum absolute atomic E-state index is 13.1. The van der Waals surface area contributed by atoms with Crippen molar-refractivity contribution >= 4 is 23.1 Å². The lowest BCUT2D eigenvalue weighted by molar-refractivity contribution is -0.130. The van der Waals surface area contributed by atoms with Gasteiger partial charge < -0.3 is 15.1 Å². The van der Waals surface area contributed by atoms with E-state index >= 15 is 0 Å². The van der Waals surface area contributed by atoms with E-state index < -0.39 is 0 Å². The summed E-state index contributed by atoms with van der Waals surface area (Å²) in [6.07, 6.45) is 4.78. The third kappa shape index (κ3) is 3.54. The summed E-state index contributed by atoms with van der Waals surface area (Å²) in [4.78, 5) is 30.2. The number of piperidine rings is 1. The van der Waals surface area contributed by atoms with Gasteiger partial charge in [-0.25, -0.2) is 0 Å². The number of para-hydroxylation sites is 2. The Morgan fingerprint density at radius 1 is 1.14 bits per heavy atom. The number of amides is 1. The van der Waals surface area contributed by atoms with Gasteiger partial charge in [0.2, 0.25) is 5.91 Å². The molecule has 0 saturated carbocycles. The Kier molecular flexibility index (Phi) is 4.94. The second kappa shape index (κ2) is 7.26. The number of nitrogens with one attached hydrogen (secondary N) is 1. The van der Waals surface area contributed by atoms with Gasteiger partial charge in [-0.3, -0.25) is 9.59 Å². The first-order valence-electron chi connectivity index (χ1n) is 10.5. The fourth-order valence-corrected chi connectivity index (χ4v) is 4.90. The summed E-state index contributed by atoms with van der Waals surface area (Å²) in [6.45, 7) is 8.38. The number of rotatable bonds is 2. The molecule has 1 aliphatic carbocycles. The van der Waals surface area contributed by atoms with E-state index in [1.165, 1.54) is 6.42 Å². The van der Waals surface area contributed by atoms with Crippen molar-refractivity contribution in [1.29, 1.82) is 0 Å². The first-order valence-corrected chi connectivity index (χ1v) is 10.5. The molecular formula is C23H31N3O2. The molecule has 0 radical (unpaired) electrons. The van der Waals surface area contributed by atoms with Gasteiger partial charge in [-0.2, -0.15) is 0 Å². The maximum atomic E-state index is 13.1. The van der Waals surface area contributed by atoms with Crippen LogP contribution in [0.2, 0.25) is 0 Å². The van der Waals surface area contributed by atoms with E-state index in [2.05, 4.69) is 37.1 Å². The van der Waals surface area contributed by atoms with Crippen LogP contribution in [0.1, 0.15) is 52.9 Å². The van der Waals surface area contributed by atoms with Crippen LogP contribution < -0.4 is 10.2 Å². The highest BCUT2D eigenvalue weighted by Crippen LogP contribution is 2.43. The molecule has 1 amide bonds. The highest BCUT2D eigenvalue weighted by molar-refractivity contribution is 6.01. The highest BCUT2D eigenvalue weighted by Gasteiger charge is 2.39. The Hall–Kier alpha value is -2.30. The summed E-state index contributed by atoms with van der Waals surface area (Å²) in [5, 5.41) is 3.55. The summed E-state index contributed by atoms with van der Waals surface area (Å²) in [6, 6.07) is 7.98. The number of anilines is 2. The lowest BCUT2D eigenvalue weighted by Crippen LogP contribution is -2.47. The van der Waals surface area contributed by atoms with Gasteiger partial charge in [0.05, 0.1) is 24.0 Å². The number of allylic oxidation sites excluding steroid dienone is 1. The lowest BCUT2D eigenvalue weighted by atomic mass is 9.74. The minimum atomic E-state index is -0.122. The second-order valence-corrected chi connectivity index (χ2v) is 9.22. The van der Waals surface area contributed by atoms with E-state index in [4.69, 9.17) is 0 Å². The van der Waals surface area contributed by atoms with E-state index in [1.54, 1.807) is 0 Å².